The molecule has 17 nitrogen and oxygen atoms in total. The number of nitro groups is 2. The van der Waals surface area contributed by atoms with Crippen LogP contribution in [-0.4, -0.2) is 64.5 Å². The van der Waals surface area contributed by atoms with Crippen molar-refractivity contribution in [2.45, 2.75) is 24.5 Å². The first-order valence-electron chi connectivity index (χ1n) is 11.6. The van der Waals surface area contributed by atoms with Crippen molar-refractivity contribution in [1.29, 1.82) is 0 Å². The van der Waals surface area contributed by atoms with E-state index < -0.39 is 47.7 Å². The highest BCUT2D eigenvalue weighted by atomic mass is 32.5. The summed E-state index contributed by atoms with van der Waals surface area (Å²) in [6.07, 6.45) is -2.58. The molecule has 214 valence electrons. The van der Waals surface area contributed by atoms with Crippen molar-refractivity contribution in [2.24, 2.45) is 0 Å². The van der Waals surface area contributed by atoms with Gasteiger partial charge in [-0.25, -0.2) is 15.0 Å². The zero-order valence-electron chi connectivity index (χ0n) is 20.6. The molecule has 1 aliphatic rings. The first kappa shape index (κ1) is 28.2. The maximum absolute atomic E-state index is 11.0. The van der Waals surface area contributed by atoms with Gasteiger partial charge in [0.15, 0.2) is 17.7 Å². The molecular weight excluding hydrogens is 585 g/mol. The second-order valence-corrected chi connectivity index (χ2v) is 11.4. The highest BCUT2D eigenvalue weighted by Crippen LogP contribution is 2.51. The number of rotatable bonds is 10. The number of nitrogen functional groups attached to an aromatic ring is 1. The van der Waals surface area contributed by atoms with Crippen molar-refractivity contribution in [3.05, 3.63) is 81.4 Å². The fourth-order valence-electron chi connectivity index (χ4n) is 3.90. The quantitative estimate of drug-likeness (QED) is 0.134. The topological polar surface area (TPSA) is 233 Å². The lowest BCUT2D eigenvalue weighted by atomic mass is 10.1. The van der Waals surface area contributed by atoms with E-state index in [0.29, 0.717) is 0 Å². The Bertz CT molecular complexity index is 1570. The van der Waals surface area contributed by atoms with Crippen LogP contribution in [0.25, 0.3) is 11.2 Å². The summed E-state index contributed by atoms with van der Waals surface area (Å²) in [5.74, 6) is 0.275. The molecule has 0 radical (unpaired) electrons. The summed E-state index contributed by atoms with van der Waals surface area (Å²) in [7, 11) is 0. The number of imidazole rings is 1. The Hall–Kier alpha value is -4.32. The lowest BCUT2D eigenvalue weighted by Gasteiger charge is -2.24. The Kier molecular flexibility index (Phi) is 7.76. The standard InChI is InChI=1S/C22H20N7O10PS/c23-20-17-21(25-10-24-20)27(11-26-17)22-19(31)18(30)16(37-22)9-36-40(41,38-14-5-1-12(2-6-14)28(32)33)39-15-7-3-13(4-8-15)29(34)35/h1-8,10-11,16,18-19,22,30-31H,9H2,(H2,23,24,25)/t16-,18-,19-,22-/m1/s1. The zero-order valence-corrected chi connectivity index (χ0v) is 22.3. The van der Waals surface area contributed by atoms with Crippen molar-refractivity contribution >= 4 is 46.9 Å². The smallest absolute Gasteiger partial charge is 0.416 e. The summed E-state index contributed by atoms with van der Waals surface area (Å²) in [5.41, 5.74) is 5.99. The normalized spacial score (nSPS) is 20.6. The van der Waals surface area contributed by atoms with E-state index in [1.54, 1.807) is 0 Å². The van der Waals surface area contributed by atoms with Gasteiger partial charge in [0, 0.05) is 36.1 Å². The number of nitrogens with zero attached hydrogens (tertiary/aromatic N) is 6. The molecule has 4 N–H and O–H groups in total. The van der Waals surface area contributed by atoms with Gasteiger partial charge in [-0.05, 0) is 24.3 Å². The molecule has 2 aromatic heterocycles. The molecule has 0 amide bonds. The van der Waals surface area contributed by atoms with Crippen LogP contribution in [0.1, 0.15) is 6.23 Å². The van der Waals surface area contributed by atoms with E-state index in [4.69, 9.17) is 35.8 Å². The van der Waals surface area contributed by atoms with Gasteiger partial charge in [-0.3, -0.25) is 29.3 Å². The molecule has 0 saturated carbocycles. The summed E-state index contributed by atoms with van der Waals surface area (Å²) < 4.78 is 24.6. The van der Waals surface area contributed by atoms with Crippen LogP contribution < -0.4 is 14.8 Å². The molecule has 2 aromatic carbocycles. The minimum absolute atomic E-state index is 0.0776. The highest BCUT2D eigenvalue weighted by molar-refractivity contribution is 8.07. The number of aliphatic hydroxyl groups is 2. The SMILES string of the molecule is Nc1ncnc2c1ncn2[C@@H]1O[C@H](COP(=S)(Oc2ccc([N+](=O)[O-])cc2)Oc2ccc([N+](=O)[O-])cc2)[C@@H](O)[C@H]1O. The number of benzene rings is 2. The molecule has 4 aromatic rings. The Morgan fingerprint density at radius 3 is 2.05 bits per heavy atom. The maximum Gasteiger partial charge on any atom is 0.435 e. The first-order valence-corrected chi connectivity index (χ1v) is 14.2. The molecule has 0 unspecified atom stereocenters. The van der Waals surface area contributed by atoms with E-state index >= 15 is 0 Å². The number of fused-ring (bicyclic) bond motifs is 1. The molecule has 1 aliphatic heterocycles. The lowest BCUT2D eigenvalue weighted by molar-refractivity contribution is -0.385. The van der Waals surface area contributed by atoms with Crippen molar-refractivity contribution in [2.75, 3.05) is 12.3 Å². The van der Waals surface area contributed by atoms with Gasteiger partial charge in [0.25, 0.3) is 11.4 Å². The number of anilines is 1. The van der Waals surface area contributed by atoms with E-state index in [1.165, 1.54) is 65.8 Å². The predicted molar refractivity (Wildman–Crippen MR) is 143 cm³/mol. The van der Waals surface area contributed by atoms with E-state index in [9.17, 15) is 30.4 Å². The first-order chi connectivity index (χ1) is 19.5. The van der Waals surface area contributed by atoms with Crippen LogP contribution in [0.2, 0.25) is 0 Å². The molecule has 1 saturated heterocycles. The Labute approximate surface area is 234 Å². The molecule has 0 bridgehead atoms. The summed E-state index contributed by atoms with van der Waals surface area (Å²) in [5, 5.41) is 43.4. The second kappa shape index (κ2) is 11.3. The Morgan fingerprint density at radius 1 is 0.951 bits per heavy atom. The molecule has 19 heteroatoms. The van der Waals surface area contributed by atoms with Gasteiger partial charge >= 0.3 is 6.72 Å². The van der Waals surface area contributed by atoms with Gasteiger partial charge in [-0.1, -0.05) is 0 Å². The van der Waals surface area contributed by atoms with Crippen molar-refractivity contribution in [3.8, 4) is 11.5 Å². The minimum Gasteiger partial charge on any atom is -0.416 e. The third kappa shape index (κ3) is 5.92. The fourth-order valence-corrected chi connectivity index (χ4v) is 5.84. The van der Waals surface area contributed by atoms with E-state index in [-0.39, 0.29) is 39.9 Å². The minimum atomic E-state index is -3.80. The van der Waals surface area contributed by atoms with Crippen molar-refractivity contribution in [1.82, 2.24) is 19.5 Å². The molecule has 1 fully saturated rings. The predicted octanol–water partition coefficient (Wildman–Crippen LogP) is 2.24. The molecule has 5 rings (SSSR count). The van der Waals surface area contributed by atoms with Gasteiger partial charge in [0.2, 0.25) is 0 Å². The largest absolute Gasteiger partial charge is 0.435 e. The number of nitrogens with two attached hydrogens (primary N) is 1. The number of hydrogen-bond acceptors (Lipinski definition) is 15. The number of aromatic nitrogens is 4. The van der Waals surface area contributed by atoms with Gasteiger partial charge < -0.3 is 29.7 Å². The van der Waals surface area contributed by atoms with E-state index in [2.05, 4.69) is 15.0 Å². The molecule has 3 heterocycles. The van der Waals surface area contributed by atoms with Crippen LogP contribution in [0, 0.1) is 20.2 Å². The van der Waals surface area contributed by atoms with E-state index in [0.717, 1.165) is 0 Å². The molecule has 41 heavy (non-hydrogen) atoms. The third-order valence-corrected chi connectivity index (χ3v) is 8.02. The molecular formula is C22H20N7O10PS. The Morgan fingerprint density at radius 2 is 1.51 bits per heavy atom. The van der Waals surface area contributed by atoms with Crippen LogP contribution in [0.5, 0.6) is 11.5 Å². The van der Waals surface area contributed by atoms with Gasteiger partial charge in [0.05, 0.1) is 22.8 Å². The van der Waals surface area contributed by atoms with Crippen LogP contribution in [-0.2, 0) is 21.1 Å². The van der Waals surface area contributed by atoms with Crippen LogP contribution in [0.15, 0.2) is 61.2 Å². The average molecular weight is 605 g/mol. The van der Waals surface area contributed by atoms with Crippen LogP contribution in [0.4, 0.5) is 17.2 Å². The number of nitro benzene ring substituents is 2. The van der Waals surface area contributed by atoms with Crippen LogP contribution >= 0.6 is 6.72 Å². The van der Waals surface area contributed by atoms with Crippen molar-refractivity contribution in [3.63, 3.8) is 0 Å². The summed E-state index contributed by atoms with van der Waals surface area (Å²) in [6.45, 7) is -4.22. The molecule has 0 spiro atoms. The van der Waals surface area contributed by atoms with Gasteiger partial charge in [-0.15, -0.1) is 0 Å². The zero-order chi connectivity index (χ0) is 29.3. The third-order valence-electron chi connectivity index (χ3n) is 5.92. The van der Waals surface area contributed by atoms with Crippen LogP contribution in [0.3, 0.4) is 0 Å². The van der Waals surface area contributed by atoms with Gasteiger partial charge in [-0.2, -0.15) is 0 Å². The number of aliphatic hydroxyl groups excluding tert-OH is 2. The molecule has 0 aliphatic carbocycles. The monoisotopic (exact) mass is 605 g/mol. The average Bonchev–Trinajstić information content (AvgIpc) is 3.49. The fraction of sp³-hybridized carbons (Fsp3) is 0.227. The van der Waals surface area contributed by atoms with Gasteiger partial charge in [0.1, 0.15) is 41.7 Å². The summed E-state index contributed by atoms with van der Waals surface area (Å²) >= 11 is 5.56. The van der Waals surface area contributed by atoms with Crippen molar-refractivity contribution < 1.29 is 38.4 Å². The number of ether oxygens (including phenoxy) is 1. The number of non-ortho nitro benzene ring substituents is 2. The summed E-state index contributed by atoms with van der Waals surface area (Å²) in [6, 6.07) is 9.93. The van der Waals surface area contributed by atoms with E-state index in [1.807, 2.05) is 0 Å². The lowest BCUT2D eigenvalue weighted by Crippen LogP contribution is -2.33. The second-order valence-electron chi connectivity index (χ2n) is 8.56. The summed E-state index contributed by atoms with van der Waals surface area (Å²) in [4.78, 5) is 32.9. The number of hydrogen-bond donors (Lipinski definition) is 3. The maximum atomic E-state index is 11.0. The Balaban J connectivity index is 1.36. The molecule has 4 atom stereocenters. The highest BCUT2D eigenvalue weighted by Gasteiger charge is 2.45.